The molecule has 2 aromatic rings. The van der Waals surface area contributed by atoms with Gasteiger partial charge in [-0.05, 0) is 48.0 Å². The molecule has 2 rings (SSSR count). The van der Waals surface area contributed by atoms with E-state index < -0.39 is 0 Å². The second-order valence-corrected chi connectivity index (χ2v) is 5.83. The van der Waals surface area contributed by atoms with Gasteiger partial charge in [-0.2, -0.15) is 5.10 Å². The lowest BCUT2D eigenvalue weighted by molar-refractivity contribution is 0.0967. The molecule has 0 saturated carbocycles. The van der Waals surface area contributed by atoms with E-state index in [2.05, 4.69) is 21.0 Å². The molecule has 0 radical (unpaired) electrons. The molecule has 0 aliphatic carbocycles. The Labute approximate surface area is 129 Å². The molecule has 0 spiro atoms. The number of hydrogen-bond donors (Lipinski definition) is 0. The minimum Gasteiger partial charge on any atom is -0.292 e. The highest BCUT2D eigenvalue weighted by Gasteiger charge is 2.15. The quantitative estimate of drug-likeness (QED) is 0.757. The summed E-state index contributed by atoms with van der Waals surface area (Å²) in [6, 6.07) is 4.85. The summed E-state index contributed by atoms with van der Waals surface area (Å²) >= 11 is 15.3. The number of rotatable bonds is 3. The zero-order valence-electron chi connectivity index (χ0n) is 10.4. The zero-order valence-corrected chi connectivity index (χ0v) is 13.5. The molecule has 0 amide bonds. The van der Waals surface area contributed by atoms with Crippen LogP contribution in [0.2, 0.25) is 10.0 Å². The van der Waals surface area contributed by atoms with Gasteiger partial charge in [-0.3, -0.25) is 9.48 Å². The number of benzene rings is 1. The molecule has 100 valence electrons. The van der Waals surface area contributed by atoms with Gasteiger partial charge in [0, 0.05) is 10.6 Å². The van der Waals surface area contributed by atoms with Crippen LogP contribution < -0.4 is 0 Å². The van der Waals surface area contributed by atoms with Gasteiger partial charge in [-0.1, -0.05) is 23.2 Å². The third-order valence-electron chi connectivity index (χ3n) is 2.82. The van der Waals surface area contributed by atoms with Crippen LogP contribution in [0.4, 0.5) is 0 Å². The lowest BCUT2D eigenvalue weighted by Gasteiger charge is -2.06. The van der Waals surface area contributed by atoms with E-state index in [1.807, 2.05) is 13.8 Å². The second kappa shape index (κ2) is 5.65. The Morgan fingerprint density at radius 3 is 2.63 bits per heavy atom. The van der Waals surface area contributed by atoms with Crippen molar-refractivity contribution < 1.29 is 4.79 Å². The molecule has 0 saturated heterocycles. The van der Waals surface area contributed by atoms with Crippen molar-refractivity contribution in [3.8, 4) is 0 Å². The number of hydrogen-bond acceptors (Lipinski definition) is 2. The lowest BCUT2D eigenvalue weighted by atomic mass is 10.1. The molecule has 0 aliphatic heterocycles. The molecule has 0 fully saturated rings. The summed E-state index contributed by atoms with van der Waals surface area (Å²) in [6.07, 6.45) is 0. The highest BCUT2D eigenvalue weighted by Crippen LogP contribution is 2.23. The minimum absolute atomic E-state index is 0.120. The molecular formula is C13H11BrCl2N2O. The molecule has 0 unspecified atom stereocenters. The highest BCUT2D eigenvalue weighted by molar-refractivity contribution is 9.10. The zero-order chi connectivity index (χ0) is 14.2. The summed E-state index contributed by atoms with van der Waals surface area (Å²) in [5.74, 6) is -0.120. The molecule has 19 heavy (non-hydrogen) atoms. The maximum absolute atomic E-state index is 12.2. The SMILES string of the molecule is Cc1nn(CC(=O)c2cc(Cl)ccc2Cl)c(C)c1Br. The molecule has 1 aromatic heterocycles. The van der Waals surface area contributed by atoms with E-state index in [-0.39, 0.29) is 12.3 Å². The molecule has 1 aromatic carbocycles. The fraction of sp³-hybridized carbons (Fsp3) is 0.231. The number of carbonyl (C=O) groups excluding carboxylic acids is 1. The smallest absolute Gasteiger partial charge is 0.185 e. The third kappa shape index (κ3) is 3.02. The van der Waals surface area contributed by atoms with Gasteiger partial charge in [0.1, 0.15) is 6.54 Å². The van der Waals surface area contributed by atoms with Crippen molar-refractivity contribution in [3.63, 3.8) is 0 Å². The minimum atomic E-state index is -0.120. The number of ketones is 1. The van der Waals surface area contributed by atoms with Crippen LogP contribution in [0, 0.1) is 13.8 Å². The van der Waals surface area contributed by atoms with Crippen molar-refractivity contribution in [1.82, 2.24) is 9.78 Å². The Kier molecular flexibility index (Phi) is 4.33. The van der Waals surface area contributed by atoms with E-state index in [4.69, 9.17) is 23.2 Å². The van der Waals surface area contributed by atoms with Gasteiger partial charge in [0.15, 0.2) is 5.78 Å². The Morgan fingerprint density at radius 1 is 1.37 bits per heavy atom. The fourth-order valence-electron chi connectivity index (χ4n) is 1.76. The van der Waals surface area contributed by atoms with Gasteiger partial charge in [-0.15, -0.1) is 0 Å². The Balaban J connectivity index is 2.30. The highest BCUT2D eigenvalue weighted by atomic mass is 79.9. The maximum atomic E-state index is 12.2. The fourth-order valence-corrected chi connectivity index (χ4v) is 2.44. The summed E-state index contributed by atoms with van der Waals surface area (Å²) in [7, 11) is 0. The average molecular weight is 362 g/mol. The predicted octanol–water partition coefficient (Wildman–Crippen LogP) is 4.45. The number of Topliss-reactive ketones (excluding diaryl/α,β-unsaturated/α-hetero) is 1. The van der Waals surface area contributed by atoms with Crippen LogP contribution >= 0.6 is 39.1 Å². The van der Waals surface area contributed by atoms with Crippen LogP contribution in [-0.4, -0.2) is 15.6 Å². The van der Waals surface area contributed by atoms with Crippen LogP contribution in [0.25, 0.3) is 0 Å². The monoisotopic (exact) mass is 360 g/mol. The maximum Gasteiger partial charge on any atom is 0.185 e. The van der Waals surface area contributed by atoms with Gasteiger partial charge in [0.25, 0.3) is 0 Å². The van der Waals surface area contributed by atoms with Crippen LogP contribution in [0.15, 0.2) is 22.7 Å². The van der Waals surface area contributed by atoms with E-state index in [9.17, 15) is 4.79 Å². The summed E-state index contributed by atoms with van der Waals surface area (Å²) < 4.78 is 2.57. The first-order chi connectivity index (χ1) is 8.90. The summed E-state index contributed by atoms with van der Waals surface area (Å²) in [5.41, 5.74) is 2.17. The predicted molar refractivity (Wildman–Crippen MR) is 80.2 cm³/mol. The summed E-state index contributed by atoms with van der Waals surface area (Å²) in [4.78, 5) is 12.2. The molecule has 1 heterocycles. The van der Waals surface area contributed by atoms with E-state index in [0.29, 0.717) is 15.6 Å². The van der Waals surface area contributed by atoms with Crippen LogP contribution in [-0.2, 0) is 6.54 Å². The van der Waals surface area contributed by atoms with Gasteiger partial charge in [-0.25, -0.2) is 0 Å². The van der Waals surface area contributed by atoms with Crippen molar-refractivity contribution in [3.05, 3.63) is 49.7 Å². The Hall–Kier alpha value is -0.840. The van der Waals surface area contributed by atoms with Gasteiger partial charge in [0.2, 0.25) is 0 Å². The first-order valence-electron chi connectivity index (χ1n) is 5.58. The number of aryl methyl sites for hydroxylation is 1. The molecule has 0 atom stereocenters. The Morgan fingerprint density at radius 2 is 2.05 bits per heavy atom. The largest absolute Gasteiger partial charge is 0.292 e. The van der Waals surface area contributed by atoms with Crippen molar-refractivity contribution >= 4 is 44.9 Å². The topological polar surface area (TPSA) is 34.9 Å². The first-order valence-corrected chi connectivity index (χ1v) is 7.13. The molecule has 6 heteroatoms. The number of carbonyl (C=O) groups is 1. The van der Waals surface area contributed by atoms with Crippen molar-refractivity contribution in [1.29, 1.82) is 0 Å². The molecule has 3 nitrogen and oxygen atoms in total. The number of halogens is 3. The van der Waals surface area contributed by atoms with Gasteiger partial charge < -0.3 is 0 Å². The van der Waals surface area contributed by atoms with Crippen molar-refractivity contribution in [2.75, 3.05) is 0 Å². The van der Waals surface area contributed by atoms with E-state index >= 15 is 0 Å². The van der Waals surface area contributed by atoms with Crippen LogP contribution in [0.3, 0.4) is 0 Å². The first kappa shape index (κ1) is 14.6. The van der Waals surface area contributed by atoms with E-state index in [1.165, 1.54) is 0 Å². The van der Waals surface area contributed by atoms with Crippen LogP contribution in [0.1, 0.15) is 21.7 Å². The normalized spacial score (nSPS) is 10.8. The van der Waals surface area contributed by atoms with E-state index in [1.54, 1.807) is 22.9 Å². The summed E-state index contributed by atoms with van der Waals surface area (Å²) in [6.45, 7) is 3.92. The van der Waals surface area contributed by atoms with E-state index in [0.717, 1.165) is 15.9 Å². The standard InChI is InChI=1S/C13H11BrCl2N2O/c1-7-13(14)8(2)18(17-7)6-12(19)10-5-9(15)3-4-11(10)16/h3-5H,6H2,1-2H3. The third-order valence-corrected chi connectivity index (χ3v) is 4.53. The summed E-state index contributed by atoms with van der Waals surface area (Å²) in [5, 5.41) is 5.19. The molecule has 0 N–H and O–H groups in total. The van der Waals surface area contributed by atoms with Crippen molar-refractivity contribution in [2.24, 2.45) is 0 Å². The molecular weight excluding hydrogens is 351 g/mol. The number of nitrogens with zero attached hydrogens (tertiary/aromatic N) is 2. The molecule has 0 aliphatic rings. The van der Waals surface area contributed by atoms with Crippen LogP contribution in [0.5, 0.6) is 0 Å². The van der Waals surface area contributed by atoms with Crippen molar-refractivity contribution in [2.45, 2.75) is 20.4 Å². The Bertz CT molecular complexity index is 652. The van der Waals surface area contributed by atoms with Gasteiger partial charge >= 0.3 is 0 Å². The number of aromatic nitrogens is 2. The average Bonchev–Trinajstić information content (AvgIpc) is 2.60. The van der Waals surface area contributed by atoms with Gasteiger partial charge in [0.05, 0.1) is 20.9 Å². The second-order valence-electron chi connectivity index (χ2n) is 4.19. The molecule has 0 bridgehead atoms. The lowest BCUT2D eigenvalue weighted by Crippen LogP contribution is -2.13.